The molecule has 0 fully saturated rings. The maximum Gasteiger partial charge on any atom is -0.0103 e. The fourth-order valence-electron chi connectivity index (χ4n) is 0.971. The molecule has 0 bridgehead atoms. The molecule has 0 amide bonds. The SMILES string of the molecule is CCSC[c-]1cccc1SC. The highest BCUT2D eigenvalue weighted by Gasteiger charge is 1.91. The summed E-state index contributed by atoms with van der Waals surface area (Å²) in [5.41, 5.74) is 1.49. The van der Waals surface area contributed by atoms with Crippen molar-refractivity contribution in [3.63, 3.8) is 0 Å². The number of hydrogen-bond donors (Lipinski definition) is 0. The summed E-state index contributed by atoms with van der Waals surface area (Å²) in [5, 5.41) is 0. The molecule has 2 heteroatoms. The maximum atomic E-state index is 2.22. The van der Waals surface area contributed by atoms with Gasteiger partial charge in [-0.15, -0.1) is 10.5 Å². The maximum absolute atomic E-state index is 2.22. The Hall–Kier alpha value is 0.0500. The molecule has 0 spiro atoms. The molecule has 0 N–H and O–H groups in total. The van der Waals surface area contributed by atoms with Crippen LogP contribution in [0.15, 0.2) is 23.1 Å². The molecular formula is C9H13S2-. The average molecular weight is 185 g/mol. The van der Waals surface area contributed by atoms with E-state index in [0.717, 1.165) is 0 Å². The molecule has 0 aliphatic carbocycles. The van der Waals surface area contributed by atoms with Gasteiger partial charge in [0.25, 0.3) is 0 Å². The Morgan fingerprint density at radius 1 is 1.55 bits per heavy atom. The second-order valence-electron chi connectivity index (χ2n) is 2.26. The van der Waals surface area contributed by atoms with Crippen LogP contribution in [0.5, 0.6) is 0 Å². The van der Waals surface area contributed by atoms with Gasteiger partial charge in [0, 0.05) is 0 Å². The van der Waals surface area contributed by atoms with E-state index in [9.17, 15) is 0 Å². The van der Waals surface area contributed by atoms with Crippen molar-refractivity contribution in [3.05, 3.63) is 23.8 Å². The largest absolute Gasteiger partial charge is 0.212 e. The molecule has 0 saturated heterocycles. The first-order valence-corrected chi connectivity index (χ1v) is 6.12. The molecule has 0 unspecified atom stereocenters. The van der Waals surface area contributed by atoms with Crippen molar-refractivity contribution in [3.8, 4) is 0 Å². The van der Waals surface area contributed by atoms with Gasteiger partial charge in [-0.25, -0.2) is 12.1 Å². The molecule has 1 aromatic carbocycles. The third-order valence-electron chi connectivity index (χ3n) is 1.54. The molecule has 0 nitrogen and oxygen atoms in total. The van der Waals surface area contributed by atoms with Gasteiger partial charge < -0.3 is 0 Å². The van der Waals surface area contributed by atoms with Crippen molar-refractivity contribution < 1.29 is 0 Å². The summed E-state index contributed by atoms with van der Waals surface area (Å²) < 4.78 is 0. The zero-order valence-electron chi connectivity index (χ0n) is 6.96. The minimum atomic E-state index is 1.17. The van der Waals surface area contributed by atoms with Crippen LogP contribution >= 0.6 is 23.5 Å². The fraction of sp³-hybridized carbons (Fsp3) is 0.444. The van der Waals surface area contributed by atoms with E-state index < -0.39 is 0 Å². The second-order valence-corrected chi connectivity index (χ2v) is 4.38. The van der Waals surface area contributed by atoms with Crippen molar-refractivity contribution in [2.45, 2.75) is 17.6 Å². The first kappa shape index (κ1) is 9.14. The monoisotopic (exact) mass is 185 g/mol. The summed E-state index contributed by atoms with van der Waals surface area (Å²) in [4.78, 5) is 1.44. The van der Waals surface area contributed by atoms with Crippen molar-refractivity contribution >= 4 is 23.5 Å². The summed E-state index contributed by atoms with van der Waals surface area (Å²) in [5.74, 6) is 2.37. The lowest BCUT2D eigenvalue weighted by Gasteiger charge is -2.06. The molecule has 0 saturated carbocycles. The predicted molar refractivity (Wildman–Crippen MR) is 55.7 cm³/mol. The smallest absolute Gasteiger partial charge is 0.0103 e. The van der Waals surface area contributed by atoms with Crippen molar-refractivity contribution in [2.75, 3.05) is 12.0 Å². The van der Waals surface area contributed by atoms with Crippen molar-refractivity contribution in [1.29, 1.82) is 0 Å². The van der Waals surface area contributed by atoms with Gasteiger partial charge in [-0.3, -0.25) is 0 Å². The fourth-order valence-corrected chi connectivity index (χ4v) is 2.36. The Bertz CT molecular complexity index is 203. The van der Waals surface area contributed by atoms with Crippen LogP contribution in [0.25, 0.3) is 0 Å². The van der Waals surface area contributed by atoms with Crippen LogP contribution in [-0.2, 0) is 5.75 Å². The van der Waals surface area contributed by atoms with Crippen LogP contribution in [0, 0.1) is 0 Å². The molecule has 0 aromatic heterocycles. The minimum Gasteiger partial charge on any atom is -0.212 e. The lowest BCUT2D eigenvalue weighted by atomic mass is 10.4. The summed E-state index contributed by atoms with van der Waals surface area (Å²) >= 11 is 3.82. The summed E-state index contributed by atoms with van der Waals surface area (Å²) in [6.07, 6.45) is 2.13. The molecule has 1 rings (SSSR count). The van der Waals surface area contributed by atoms with E-state index in [2.05, 4.69) is 31.4 Å². The molecule has 0 radical (unpaired) electrons. The Morgan fingerprint density at radius 2 is 2.36 bits per heavy atom. The van der Waals surface area contributed by atoms with Gasteiger partial charge in [-0.2, -0.15) is 29.6 Å². The third kappa shape index (κ3) is 2.53. The molecule has 0 aliphatic rings. The van der Waals surface area contributed by atoms with E-state index >= 15 is 0 Å². The zero-order valence-corrected chi connectivity index (χ0v) is 8.60. The molecule has 0 heterocycles. The Morgan fingerprint density at radius 3 is 3.00 bits per heavy atom. The topological polar surface area (TPSA) is 0 Å². The van der Waals surface area contributed by atoms with Gasteiger partial charge in [0.1, 0.15) is 0 Å². The van der Waals surface area contributed by atoms with Crippen LogP contribution in [0.2, 0.25) is 0 Å². The van der Waals surface area contributed by atoms with E-state index in [1.54, 1.807) is 0 Å². The third-order valence-corrected chi connectivity index (χ3v) is 3.30. The first-order chi connectivity index (χ1) is 5.38. The second kappa shape index (κ2) is 4.83. The average Bonchev–Trinajstić information content (AvgIpc) is 2.47. The van der Waals surface area contributed by atoms with E-state index in [1.165, 1.54) is 22.0 Å². The number of hydrogen-bond acceptors (Lipinski definition) is 2. The van der Waals surface area contributed by atoms with Gasteiger partial charge in [0.15, 0.2) is 0 Å². The van der Waals surface area contributed by atoms with Crippen LogP contribution in [-0.4, -0.2) is 12.0 Å². The van der Waals surface area contributed by atoms with Crippen molar-refractivity contribution in [2.24, 2.45) is 0 Å². The first-order valence-electron chi connectivity index (χ1n) is 3.74. The molecule has 0 aliphatic heterocycles. The van der Waals surface area contributed by atoms with Gasteiger partial charge in [0.2, 0.25) is 0 Å². The quantitative estimate of drug-likeness (QED) is 0.521. The van der Waals surface area contributed by atoms with E-state index in [0.29, 0.717) is 0 Å². The lowest BCUT2D eigenvalue weighted by Crippen LogP contribution is -1.78. The Balaban J connectivity index is 2.54. The lowest BCUT2D eigenvalue weighted by molar-refractivity contribution is 1.33. The summed E-state index contributed by atoms with van der Waals surface area (Å²) in [6.45, 7) is 2.20. The Kier molecular flexibility index (Phi) is 4.02. The molecule has 11 heavy (non-hydrogen) atoms. The van der Waals surface area contributed by atoms with E-state index in [1.807, 2.05) is 23.5 Å². The van der Waals surface area contributed by atoms with Crippen LogP contribution in [0.3, 0.4) is 0 Å². The highest BCUT2D eigenvalue weighted by Crippen LogP contribution is 2.24. The van der Waals surface area contributed by atoms with Crippen LogP contribution in [0.1, 0.15) is 12.5 Å². The molecule has 62 valence electrons. The van der Waals surface area contributed by atoms with E-state index in [4.69, 9.17) is 0 Å². The summed E-state index contributed by atoms with van der Waals surface area (Å²) in [6, 6.07) is 6.54. The van der Waals surface area contributed by atoms with Crippen molar-refractivity contribution in [1.82, 2.24) is 0 Å². The number of rotatable bonds is 4. The molecular weight excluding hydrogens is 172 g/mol. The van der Waals surface area contributed by atoms with Crippen LogP contribution in [0.4, 0.5) is 0 Å². The highest BCUT2D eigenvalue weighted by molar-refractivity contribution is 7.99. The van der Waals surface area contributed by atoms with Gasteiger partial charge in [0.05, 0.1) is 0 Å². The van der Waals surface area contributed by atoms with Gasteiger partial charge >= 0.3 is 0 Å². The van der Waals surface area contributed by atoms with Gasteiger partial charge in [-0.05, 0) is 17.8 Å². The molecule has 0 atom stereocenters. The van der Waals surface area contributed by atoms with E-state index in [-0.39, 0.29) is 0 Å². The number of thioether (sulfide) groups is 2. The summed E-state index contributed by atoms with van der Waals surface area (Å²) in [7, 11) is 0. The van der Waals surface area contributed by atoms with Gasteiger partial charge in [-0.1, -0.05) is 6.92 Å². The minimum absolute atomic E-state index is 1.17. The molecule has 1 aromatic rings. The zero-order chi connectivity index (χ0) is 8.10. The Labute approximate surface area is 77.1 Å². The predicted octanol–water partition coefficient (Wildman–Crippen LogP) is 3.38. The standard InChI is InChI=1S/C9H13S2/c1-3-11-7-8-5-4-6-9(8)10-2/h4-6H,3,7H2,1-2H3/q-1. The van der Waals surface area contributed by atoms with Crippen LogP contribution < -0.4 is 0 Å². The normalized spacial score (nSPS) is 10.4. The highest BCUT2D eigenvalue weighted by atomic mass is 32.2.